The Balaban J connectivity index is 1.74. The van der Waals surface area contributed by atoms with Crippen LogP contribution >= 0.6 is 11.6 Å². The minimum Gasteiger partial charge on any atom is -0.327 e. The Morgan fingerprint density at radius 3 is 2.54 bits per heavy atom. The number of pyridine rings is 2. The van der Waals surface area contributed by atoms with Crippen molar-refractivity contribution in [2.75, 3.05) is 5.32 Å². The van der Waals surface area contributed by atoms with Crippen molar-refractivity contribution in [3.05, 3.63) is 82.0 Å². The molecular formula is C19H17ClN4O2. The average Bonchev–Trinajstić information content (AvgIpc) is 2.66. The zero-order valence-corrected chi connectivity index (χ0v) is 14.5. The Morgan fingerprint density at radius 2 is 1.85 bits per heavy atom. The molecule has 0 saturated heterocycles. The smallest absolute Gasteiger partial charge is 0.271 e. The lowest BCUT2D eigenvalue weighted by molar-refractivity contribution is -0.117. The van der Waals surface area contributed by atoms with E-state index in [-0.39, 0.29) is 5.69 Å². The van der Waals surface area contributed by atoms with E-state index in [1.54, 1.807) is 36.8 Å². The highest BCUT2D eigenvalue weighted by atomic mass is 35.5. The Kier molecular flexibility index (Phi) is 5.46. The molecule has 0 aliphatic heterocycles. The fraction of sp³-hybridized carbons (Fsp3) is 0.105. The number of nitrogens with two attached hydrogens (primary N) is 1. The molecule has 0 spiro atoms. The summed E-state index contributed by atoms with van der Waals surface area (Å²) in [5.41, 5.74) is 8.24. The number of benzene rings is 1. The maximum Gasteiger partial charge on any atom is 0.271 e. The van der Waals surface area contributed by atoms with Gasteiger partial charge < -0.3 is 16.0 Å². The monoisotopic (exact) mass is 368 g/mol. The van der Waals surface area contributed by atoms with Gasteiger partial charge in [0, 0.05) is 29.2 Å². The third-order valence-corrected chi connectivity index (χ3v) is 4.13. The SMILES string of the molecule is N[C@@H](Cc1ccc(Cl)cc1)C(=O)Nc1cc(-c2ccncc2)c[nH]c1=O. The molecule has 0 aliphatic carbocycles. The molecule has 1 amide bonds. The molecule has 3 aromatic rings. The van der Waals surface area contributed by atoms with Gasteiger partial charge in [-0.1, -0.05) is 23.7 Å². The quantitative estimate of drug-likeness (QED) is 0.644. The summed E-state index contributed by atoms with van der Waals surface area (Å²) >= 11 is 5.85. The molecule has 1 atom stereocenters. The second-order valence-electron chi connectivity index (χ2n) is 5.79. The lowest BCUT2D eigenvalue weighted by Gasteiger charge is -2.13. The summed E-state index contributed by atoms with van der Waals surface area (Å²) in [5, 5.41) is 3.22. The zero-order chi connectivity index (χ0) is 18.5. The number of amides is 1. The maximum absolute atomic E-state index is 12.4. The number of rotatable bonds is 5. The Hall–Kier alpha value is -2.96. The lowest BCUT2D eigenvalue weighted by Crippen LogP contribution is -2.38. The number of anilines is 1. The van der Waals surface area contributed by atoms with E-state index >= 15 is 0 Å². The summed E-state index contributed by atoms with van der Waals surface area (Å²) in [6.07, 6.45) is 5.23. The Morgan fingerprint density at radius 1 is 1.15 bits per heavy atom. The van der Waals surface area contributed by atoms with Gasteiger partial charge in [0.1, 0.15) is 5.69 Å². The van der Waals surface area contributed by atoms with E-state index in [1.165, 1.54) is 0 Å². The van der Waals surface area contributed by atoms with Crippen LogP contribution < -0.4 is 16.6 Å². The van der Waals surface area contributed by atoms with Crippen molar-refractivity contribution in [3.63, 3.8) is 0 Å². The van der Waals surface area contributed by atoms with Crippen LogP contribution in [0.15, 0.2) is 65.8 Å². The highest BCUT2D eigenvalue weighted by Crippen LogP contribution is 2.18. The predicted molar refractivity (Wildman–Crippen MR) is 102 cm³/mol. The summed E-state index contributed by atoms with van der Waals surface area (Å²) < 4.78 is 0. The van der Waals surface area contributed by atoms with Gasteiger partial charge in [-0.15, -0.1) is 0 Å². The number of aromatic amines is 1. The molecule has 132 valence electrons. The molecule has 0 aliphatic rings. The number of nitrogens with one attached hydrogen (secondary N) is 2. The van der Waals surface area contributed by atoms with Gasteiger partial charge in [0.15, 0.2) is 0 Å². The van der Waals surface area contributed by atoms with E-state index in [4.69, 9.17) is 17.3 Å². The molecule has 7 heteroatoms. The third kappa shape index (κ3) is 4.36. The Labute approximate surface area is 155 Å². The number of carbonyl (C=O) groups excluding carboxylic acids is 1. The first-order valence-electron chi connectivity index (χ1n) is 7.97. The molecule has 6 nitrogen and oxygen atoms in total. The van der Waals surface area contributed by atoms with Crippen LogP contribution in [0.1, 0.15) is 5.56 Å². The van der Waals surface area contributed by atoms with Gasteiger partial charge in [-0.25, -0.2) is 0 Å². The second-order valence-corrected chi connectivity index (χ2v) is 6.23. The molecule has 2 heterocycles. The largest absolute Gasteiger partial charge is 0.327 e. The lowest BCUT2D eigenvalue weighted by atomic mass is 10.1. The first-order valence-corrected chi connectivity index (χ1v) is 8.35. The molecule has 1 aromatic carbocycles. The molecule has 0 fully saturated rings. The molecular weight excluding hydrogens is 352 g/mol. The van der Waals surface area contributed by atoms with E-state index in [9.17, 15) is 9.59 Å². The van der Waals surface area contributed by atoms with Gasteiger partial charge in [0.05, 0.1) is 6.04 Å². The van der Waals surface area contributed by atoms with E-state index in [0.29, 0.717) is 11.4 Å². The zero-order valence-electron chi connectivity index (χ0n) is 13.8. The number of H-pyrrole nitrogens is 1. The fourth-order valence-corrected chi connectivity index (χ4v) is 2.61. The van der Waals surface area contributed by atoms with Crippen molar-refractivity contribution < 1.29 is 4.79 Å². The van der Waals surface area contributed by atoms with Crippen molar-refractivity contribution in [2.24, 2.45) is 5.73 Å². The molecule has 0 radical (unpaired) electrons. The van der Waals surface area contributed by atoms with Crippen molar-refractivity contribution in [3.8, 4) is 11.1 Å². The highest BCUT2D eigenvalue weighted by Gasteiger charge is 2.16. The summed E-state index contributed by atoms with van der Waals surface area (Å²) in [6.45, 7) is 0. The minimum absolute atomic E-state index is 0.149. The van der Waals surface area contributed by atoms with Crippen molar-refractivity contribution in [2.45, 2.75) is 12.5 Å². The number of hydrogen-bond acceptors (Lipinski definition) is 4. The summed E-state index contributed by atoms with van der Waals surface area (Å²) in [4.78, 5) is 31.0. The van der Waals surface area contributed by atoms with Gasteiger partial charge in [-0.3, -0.25) is 14.6 Å². The molecule has 0 bridgehead atoms. The van der Waals surface area contributed by atoms with Crippen LogP contribution in [0.5, 0.6) is 0 Å². The first kappa shape index (κ1) is 17.8. The topological polar surface area (TPSA) is 101 Å². The maximum atomic E-state index is 12.4. The molecule has 3 rings (SSSR count). The van der Waals surface area contributed by atoms with E-state index in [1.807, 2.05) is 24.3 Å². The fourth-order valence-electron chi connectivity index (χ4n) is 2.48. The van der Waals surface area contributed by atoms with E-state index < -0.39 is 17.5 Å². The number of hydrogen-bond donors (Lipinski definition) is 3. The summed E-state index contributed by atoms with van der Waals surface area (Å²) in [7, 11) is 0. The van der Waals surface area contributed by atoms with Crippen LogP contribution in [0.4, 0.5) is 5.69 Å². The molecule has 2 aromatic heterocycles. The number of nitrogens with zero attached hydrogens (tertiary/aromatic N) is 1. The van der Waals surface area contributed by atoms with Gasteiger partial charge in [-0.2, -0.15) is 0 Å². The van der Waals surface area contributed by atoms with Gasteiger partial charge in [-0.05, 0) is 47.9 Å². The van der Waals surface area contributed by atoms with Crippen LogP contribution in [0.2, 0.25) is 5.02 Å². The minimum atomic E-state index is -0.792. The molecule has 26 heavy (non-hydrogen) atoms. The third-order valence-electron chi connectivity index (χ3n) is 3.88. The first-order chi connectivity index (χ1) is 12.5. The van der Waals surface area contributed by atoms with E-state index in [0.717, 1.165) is 16.7 Å². The van der Waals surface area contributed by atoms with Crippen molar-refractivity contribution >= 4 is 23.2 Å². The van der Waals surface area contributed by atoms with Gasteiger partial charge in [0.2, 0.25) is 5.91 Å². The molecule has 0 saturated carbocycles. The molecule has 4 N–H and O–H groups in total. The highest BCUT2D eigenvalue weighted by molar-refractivity contribution is 6.30. The van der Waals surface area contributed by atoms with Crippen LogP contribution in [-0.2, 0) is 11.2 Å². The van der Waals surface area contributed by atoms with Crippen molar-refractivity contribution in [1.82, 2.24) is 9.97 Å². The van der Waals surface area contributed by atoms with Crippen LogP contribution in [0, 0.1) is 0 Å². The van der Waals surface area contributed by atoms with Crippen LogP contribution in [0.25, 0.3) is 11.1 Å². The van der Waals surface area contributed by atoms with Gasteiger partial charge in [0.25, 0.3) is 5.56 Å². The number of halogens is 1. The second kappa shape index (κ2) is 7.95. The Bertz CT molecular complexity index is 955. The van der Waals surface area contributed by atoms with Crippen molar-refractivity contribution in [1.29, 1.82) is 0 Å². The van der Waals surface area contributed by atoms with Crippen LogP contribution in [0.3, 0.4) is 0 Å². The summed E-state index contributed by atoms with van der Waals surface area (Å²) in [5.74, 6) is -0.433. The average molecular weight is 369 g/mol. The molecule has 0 unspecified atom stereocenters. The normalized spacial score (nSPS) is 11.8. The van der Waals surface area contributed by atoms with Crippen LogP contribution in [-0.4, -0.2) is 21.9 Å². The number of carbonyl (C=O) groups is 1. The van der Waals surface area contributed by atoms with E-state index in [2.05, 4.69) is 15.3 Å². The standard InChI is InChI=1S/C19H17ClN4O2/c20-15-3-1-12(2-4-15)9-16(21)18(25)24-17-10-14(11-23-19(17)26)13-5-7-22-8-6-13/h1-8,10-11,16H,9,21H2,(H,23,26)(H,24,25)/t16-/m0/s1. The predicted octanol–water partition coefficient (Wildman–Crippen LogP) is 2.60. The number of aromatic nitrogens is 2. The van der Waals surface area contributed by atoms with Gasteiger partial charge >= 0.3 is 0 Å². The summed E-state index contributed by atoms with van der Waals surface area (Å²) in [6, 6.07) is 11.5.